The minimum atomic E-state index is -3.78. The van der Waals surface area contributed by atoms with Gasteiger partial charge in [0.1, 0.15) is 6.17 Å². The Bertz CT molecular complexity index is 704. The molecular weight excluding hydrogens is 343 g/mol. The standard InChI is InChI=1S/C12H19FN6O4S/c13-9-5-10(7-17-8-11(12(14)20)15-16-17)19(6-9)24(21,22)18-1-3-23-4-2-18/h8-10H,1-7H2,(H2,14,20). The summed E-state index contributed by atoms with van der Waals surface area (Å²) < 4.78 is 48.3. The number of hydrogen-bond donors (Lipinski definition) is 1. The van der Waals surface area contributed by atoms with E-state index in [0.717, 1.165) is 4.31 Å². The van der Waals surface area contributed by atoms with Crippen LogP contribution in [0.3, 0.4) is 0 Å². The predicted molar refractivity (Wildman–Crippen MR) is 79.9 cm³/mol. The molecule has 12 heteroatoms. The lowest BCUT2D eigenvalue weighted by Gasteiger charge is -2.32. The fraction of sp³-hybridized carbons (Fsp3) is 0.750. The van der Waals surface area contributed by atoms with E-state index >= 15 is 0 Å². The molecule has 2 aliphatic heterocycles. The molecule has 10 nitrogen and oxygen atoms in total. The highest BCUT2D eigenvalue weighted by Gasteiger charge is 2.43. The molecule has 2 fully saturated rings. The van der Waals surface area contributed by atoms with Crippen LogP contribution in [0.25, 0.3) is 0 Å². The summed E-state index contributed by atoms with van der Waals surface area (Å²) in [6, 6.07) is -0.602. The Morgan fingerprint density at radius 2 is 2.12 bits per heavy atom. The highest BCUT2D eigenvalue weighted by atomic mass is 32.2. The van der Waals surface area contributed by atoms with E-state index in [2.05, 4.69) is 10.3 Å². The van der Waals surface area contributed by atoms with Crippen LogP contribution >= 0.6 is 0 Å². The molecule has 0 spiro atoms. The van der Waals surface area contributed by atoms with Crippen molar-refractivity contribution in [1.82, 2.24) is 23.6 Å². The first-order valence-corrected chi connectivity index (χ1v) is 8.96. The molecule has 2 N–H and O–H groups in total. The highest BCUT2D eigenvalue weighted by molar-refractivity contribution is 7.86. The van der Waals surface area contributed by atoms with Crippen molar-refractivity contribution in [2.75, 3.05) is 32.8 Å². The van der Waals surface area contributed by atoms with Crippen molar-refractivity contribution < 1.29 is 22.3 Å². The first-order valence-electron chi connectivity index (χ1n) is 7.56. The second kappa shape index (κ2) is 6.70. The van der Waals surface area contributed by atoms with Crippen LogP contribution in [-0.4, -0.2) is 83.0 Å². The number of morpholine rings is 1. The summed E-state index contributed by atoms with van der Waals surface area (Å²) in [6.07, 6.45) is 0.146. The number of rotatable bonds is 5. The summed E-state index contributed by atoms with van der Waals surface area (Å²) in [4.78, 5) is 11.1. The van der Waals surface area contributed by atoms with Gasteiger partial charge in [-0.15, -0.1) is 5.10 Å². The molecule has 24 heavy (non-hydrogen) atoms. The smallest absolute Gasteiger partial charge is 0.282 e. The van der Waals surface area contributed by atoms with E-state index in [1.165, 1.54) is 15.2 Å². The van der Waals surface area contributed by atoms with Gasteiger partial charge in [0, 0.05) is 25.7 Å². The van der Waals surface area contributed by atoms with Crippen molar-refractivity contribution in [2.45, 2.75) is 25.2 Å². The summed E-state index contributed by atoms with van der Waals surface area (Å²) in [5.41, 5.74) is 5.09. The fourth-order valence-corrected chi connectivity index (χ4v) is 4.71. The molecule has 2 atom stereocenters. The monoisotopic (exact) mass is 362 g/mol. The molecule has 3 heterocycles. The first-order chi connectivity index (χ1) is 11.4. The molecule has 1 amide bonds. The second-order valence-electron chi connectivity index (χ2n) is 5.77. The highest BCUT2D eigenvalue weighted by Crippen LogP contribution is 2.27. The number of primary amides is 1. The number of hydrogen-bond acceptors (Lipinski definition) is 6. The number of nitrogens with two attached hydrogens (primary N) is 1. The van der Waals surface area contributed by atoms with Crippen LogP contribution in [0.2, 0.25) is 0 Å². The lowest BCUT2D eigenvalue weighted by atomic mass is 10.2. The molecule has 0 radical (unpaired) electrons. The summed E-state index contributed by atoms with van der Waals surface area (Å²) in [5, 5.41) is 7.35. The molecule has 2 saturated heterocycles. The van der Waals surface area contributed by atoms with Crippen molar-refractivity contribution in [3.05, 3.63) is 11.9 Å². The van der Waals surface area contributed by atoms with Crippen LogP contribution in [0.15, 0.2) is 6.20 Å². The quantitative estimate of drug-likeness (QED) is 0.670. The van der Waals surface area contributed by atoms with Crippen LogP contribution < -0.4 is 5.73 Å². The van der Waals surface area contributed by atoms with Crippen molar-refractivity contribution in [3.63, 3.8) is 0 Å². The third kappa shape index (κ3) is 3.41. The van der Waals surface area contributed by atoms with E-state index in [1.807, 2.05) is 0 Å². The molecule has 2 unspecified atom stereocenters. The third-order valence-corrected chi connectivity index (χ3v) is 6.15. The van der Waals surface area contributed by atoms with E-state index in [1.54, 1.807) is 0 Å². The topological polar surface area (TPSA) is 124 Å². The zero-order valence-electron chi connectivity index (χ0n) is 12.9. The zero-order valence-corrected chi connectivity index (χ0v) is 13.7. The Hall–Kier alpha value is -1.63. The van der Waals surface area contributed by atoms with Crippen molar-refractivity contribution >= 4 is 16.1 Å². The summed E-state index contributed by atoms with van der Waals surface area (Å²) in [6.45, 7) is 1.05. The number of amides is 1. The van der Waals surface area contributed by atoms with Gasteiger partial charge in [0.25, 0.3) is 16.1 Å². The summed E-state index contributed by atoms with van der Waals surface area (Å²) >= 11 is 0. The normalized spacial score (nSPS) is 26.7. The average Bonchev–Trinajstić information content (AvgIpc) is 3.16. The molecule has 2 aliphatic rings. The molecule has 134 valence electrons. The molecule has 3 rings (SSSR count). The molecule has 0 saturated carbocycles. The number of carbonyl (C=O) groups is 1. The molecule has 1 aromatic heterocycles. The maximum atomic E-state index is 13.9. The zero-order chi connectivity index (χ0) is 17.3. The summed E-state index contributed by atoms with van der Waals surface area (Å²) in [5.74, 6) is -0.728. The maximum absolute atomic E-state index is 13.9. The number of nitrogens with zero attached hydrogens (tertiary/aromatic N) is 5. The van der Waals surface area contributed by atoms with Gasteiger partial charge in [0.2, 0.25) is 0 Å². The Morgan fingerprint density at radius 3 is 2.75 bits per heavy atom. The van der Waals surface area contributed by atoms with Crippen LogP contribution in [0.5, 0.6) is 0 Å². The lowest BCUT2D eigenvalue weighted by molar-refractivity contribution is 0.0696. The average molecular weight is 362 g/mol. The van der Waals surface area contributed by atoms with E-state index in [0.29, 0.717) is 13.2 Å². The number of aromatic nitrogens is 3. The van der Waals surface area contributed by atoms with Gasteiger partial charge in [-0.1, -0.05) is 5.21 Å². The first kappa shape index (κ1) is 17.2. The largest absolute Gasteiger partial charge is 0.379 e. The SMILES string of the molecule is NC(=O)c1cn(CC2CC(F)CN2S(=O)(=O)N2CCOCC2)nn1. The number of alkyl halides is 1. The predicted octanol–water partition coefficient (Wildman–Crippen LogP) is -1.63. The van der Waals surface area contributed by atoms with E-state index < -0.39 is 28.3 Å². The Morgan fingerprint density at radius 1 is 1.42 bits per heavy atom. The van der Waals surface area contributed by atoms with E-state index in [-0.39, 0.29) is 38.3 Å². The minimum Gasteiger partial charge on any atom is -0.379 e. The van der Waals surface area contributed by atoms with Crippen LogP contribution in [0.1, 0.15) is 16.9 Å². The summed E-state index contributed by atoms with van der Waals surface area (Å²) in [7, 11) is -3.78. The Labute approximate surface area is 138 Å². The minimum absolute atomic E-state index is 0.0209. The Kier molecular flexibility index (Phi) is 4.80. The van der Waals surface area contributed by atoms with Gasteiger partial charge in [0.15, 0.2) is 5.69 Å². The number of ether oxygens (including phenoxy) is 1. The van der Waals surface area contributed by atoms with Gasteiger partial charge in [0.05, 0.1) is 26.0 Å². The van der Waals surface area contributed by atoms with E-state index in [4.69, 9.17) is 10.5 Å². The maximum Gasteiger partial charge on any atom is 0.282 e. The van der Waals surface area contributed by atoms with Crippen LogP contribution in [-0.2, 0) is 21.5 Å². The molecule has 1 aromatic rings. The van der Waals surface area contributed by atoms with Crippen LogP contribution in [0.4, 0.5) is 4.39 Å². The van der Waals surface area contributed by atoms with Gasteiger partial charge in [-0.2, -0.15) is 17.0 Å². The van der Waals surface area contributed by atoms with Crippen molar-refractivity contribution in [1.29, 1.82) is 0 Å². The van der Waals surface area contributed by atoms with Crippen molar-refractivity contribution in [2.24, 2.45) is 5.73 Å². The van der Waals surface area contributed by atoms with Gasteiger partial charge in [-0.05, 0) is 6.42 Å². The fourth-order valence-electron chi connectivity index (χ4n) is 2.92. The molecular formula is C12H19FN6O4S. The third-order valence-electron chi connectivity index (χ3n) is 4.09. The molecule has 0 bridgehead atoms. The van der Waals surface area contributed by atoms with Gasteiger partial charge >= 0.3 is 0 Å². The lowest BCUT2D eigenvalue weighted by Crippen LogP contribution is -2.50. The number of halogens is 1. The van der Waals surface area contributed by atoms with Crippen LogP contribution in [0, 0.1) is 0 Å². The Balaban J connectivity index is 1.76. The second-order valence-corrected chi connectivity index (χ2v) is 7.65. The number of carbonyl (C=O) groups excluding carboxylic acids is 1. The molecule has 0 aromatic carbocycles. The molecule has 0 aliphatic carbocycles. The van der Waals surface area contributed by atoms with Gasteiger partial charge in [-0.3, -0.25) is 9.48 Å². The van der Waals surface area contributed by atoms with Gasteiger partial charge < -0.3 is 10.5 Å². The van der Waals surface area contributed by atoms with Gasteiger partial charge in [-0.25, -0.2) is 4.39 Å². The van der Waals surface area contributed by atoms with E-state index in [9.17, 15) is 17.6 Å². The van der Waals surface area contributed by atoms with Crippen molar-refractivity contribution in [3.8, 4) is 0 Å².